The zero-order valence-corrected chi connectivity index (χ0v) is 42.9. The van der Waals surface area contributed by atoms with Gasteiger partial charge in [0, 0.05) is 47.7 Å². The van der Waals surface area contributed by atoms with E-state index in [9.17, 15) is 10.5 Å². The number of nitriles is 2. The molecule has 10 aromatic carbocycles. The van der Waals surface area contributed by atoms with Crippen molar-refractivity contribution < 1.29 is 0 Å². The van der Waals surface area contributed by atoms with Crippen molar-refractivity contribution in [1.29, 1.82) is 10.5 Å². The SMILES string of the molecule is Cc1cccc2c1sc1c(N(c3ccc4c(c3)-c3cc(N(c5ccccc5C#N)c5cccc6c5sc5c(C)cccc56)ccc3C43c4ccccc4C(C)(C)c4ccccc43)c3ccccc3C#N)cccc12. The number of rotatable bonds is 6. The molecule has 0 saturated heterocycles. The Bertz CT molecular complexity index is 4160. The largest absolute Gasteiger partial charge is 0.308 e. The van der Waals surface area contributed by atoms with Crippen LogP contribution in [0, 0.1) is 36.5 Å². The molecule has 1 spiro atoms. The van der Waals surface area contributed by atoms with Gasteiger partial charge in [-0.1, -0.05) is 159 Å². The standard InChI is InChI=1S/C68H46N4S2/c1-41-17-13-21-47-49-23-15-31-61(65(49)73-63(41)47)71(59-29-11-5-19-43(59)39-69)45-33-35-53-51(37-45)52-38-46(34-36-54(52)68(53)57-27-9-7-25-55(57)67(3,4)56-26-8-10-28-58(56)68)72(60-30-12-6-20-44(60)40-70)62-32-16-24-50-48-22-14-18-42(2)64(48)74-66(50)62/h5-38H,1-4H3. The second-order valence-corrected chi connectivity index (χ2v) is 22.3. The van der Waals surface area contributed by atoms with Gasteiger partial charge in [0.15, 0.2) is 0 Å². The van der Waals surface area contributed by atoms with Gasteiger partial charge >= 0.3 is 0 Å². The van der Waals surface area contributed by atoms with Crippen molar-refractivity contribution in [3.05, 3.63) is 262 Å². The maximum absolute atomic E-state index is 10.8. The predicted octanol–water partition coefficient (Wildman–Crippen LogP) is 18.7. The monoisotopic (exact) mass is 982 g/mol. The summed E-state index contributed by atoms with van der Waals surface area (Å²) in [5, 5.41) is 26.5. The third kappa shape index (κ3) is 6.04. The van der Waals surface area contributed by atoms with E-state index in [0.29, 0.717) is 11.1 Å². The number of thiophene rings is 2. The molecule has 0 N–H and O–H groups in total. The zero-order chi connectivity index (χ0) is 50.0. The van der Waals surface area contributed by atoms with Gasteiger partial charge in [-0.3, -0.25) is 0 Å². The number of anilines is 6. The second-order valence-electron chi connectivity index (χ2n) is 20.3. The summed E-state index contributed by atoms with van der Waals surface area (Å²) in [6.45, 7) is 9.10. The van der Waals surface area contributed by atoms with E-state index in [-0.39, 0.29) is 5.41 Å². The lowest BCUT2D eigenvalue weighted by Gasteiger charge is -2.46. The average Bonchev–Trinajstić information content (AvgIpc) is 4.29. The summed E-state index contributed by atoms with van der Waals surface area (Å²) in [7, 11) is 0. The van der Waals surface area contributed by atoms with Gasteiger partial charge in [0.25, 0.3) is 0 Å². The Morgan fingerprint density at radius 1 is 0.365 bits per heavy atom. The van der Waals surface area contributed by atoms with Crippen molar-refractivity contribution in [2.24, 2.45) is 0 Å². The minimum absolute atomic E-state index is 0.264. The lowest BCUT2D eigenvalue weighted by molar-refractivity contribution is 0.563. The Balaban J connectivity index is 1.09. The molecule has 0 fully saturated rings. The molecule has 2 aromatic heterocycles. The van der Waals surface area contributed by atoms with E-state index in [1.807, 2.05) is 59.1 Å². The van der Waals surface area contributed by atoms with Crippen LogP contribution < -0.4 is 9.80 Å². The molecular formula is C68H46N4S2. The smallest absolute Gasteiger partial charge is 0.101 e. The maximum Gasteiger partial charge on any atom is 0.101 e. The van der Waals surface area contributed by atoms with Crippen LogP contribution in [-0.2, 0) is 10.8 Å². The van der Waals surface area contributed by atoms with Gasteiger partial charge in [0.05, 0.1) is 48.7 Å². The Labute approximate surface area is 438 Å². The average molecular weight is 983 g/mol. The molecule has 14 rings (SSSR count). The molecule has 0 amide bonds. The molecule has 0 saturated carbocycles. The summed E-state index contributed by atoms with van der Waals surface area (Å²) < 4.78 is 4.86. The lowest BCUT2D eigenvalue weighted by Crippen LogP contribution is -2.40. The highest BCUT2D eigenvalue weighted by molar-refractivity contribution is 7.27. The van der Waals surface area contributed by atoms with Gasteiger partial charge in [-0.05, 0) is 130 Å². The molecule has 6 heteroatoms. The number of para-hydroxylation sites is 2. The first kappa shape index (κ1) is 44.0. The first-order valence-corrected chi connectivity index (χ1v) is 26.7. The molecule has 0 unspecified atom stereocenters. The molecule has 2 heterocycles. The van der Waals surface area contributed by atoms with E-state index in [1.54, 1.807) is 0 Å². The quantitative estimate of drug-likeness (QED) is 0.167. The van der Waals surface area contributed by atoms with Gasteiger partial charge in [0.2, 0.25) is 0 Å². The van der Waals surface area contributed by atoms with Gasteiger partial charge < -0.3 is 9.80 Å². The lowest BCUT2D eigenvalue weighted by atomic mass is 9.55. The first-order valence-electron chi connectivity index (χ1n) is 25.1. The van der Waals surface area contributed by atoms with Crippen molar-refractivity contribution in [3.63, 3.8) is 0 Å². The fourth-order valence-electron chi connectivity index (χ4n) is 12.8. The molecule has 0 radical (unpaired) electrons. The van der Waals surface area contributed by atoms with Crippen LogP contribution in [0.15, 0.2) is 206 Å². The molecule has 2 aliphatic carbocycles. The molecule has 2 aliphatic rings. The van der Waals surface area contributed by atoms with E-state index in [1.165, 1.54) is 84.9 Å². The second kappa shape index (κ2) is 16.4. The fraction of sp³-hybridized carbons (Fsp3) is 0.0882. The zero-order valence-electron chi connectivity index (χ0n) is 41.2. The van der Waals surface area contributed by atoms with Gasteiger partial charge in [-0.15, -0.1) is 22.7 Å². The van der Waals surface area contributed by atoms with Gasteiger partial charge in [-0.2, -0.15) is 10.5 Å². The minimum Gasteiger partial charge on any atom is -0.308 e. The van der Waals surface area contributed by atoms with Crippen LogP contribution in [0.3, 0.4) is 0 Å². The summed E-state index contributed by atoms with van der Waals surface area (Å²) in [6, 6.07) is 79.6. The molecule has 74 heavy (non-hydrogen) atoms. The van der Waals surface area contributed by atoms with E-state index in [4.69, 9.17) is 0 Å². The van der Waals surface area contributed by atoms with E-state index in [2.05, 4.69) is 219 Å². The number of fused-ring (bicyclic) bond motifs is 15. The minimum atomic E-state index is -0.665. The highest BCUT2D eigenvalue weighted by Gasteiger charge is 2.53. The third-order valence-corrected chi connectivity index (χ3v) is 18.8. The van der Waals surface area contributed by atoms with Crippen LogP contribution in [0.25, 0.3) is 51.5 Å². The molecule has 0 aliphatic heterocycles. The van der Waals surface area contributed by atoms with Crippen molar-refractivity contribution in [3.8, 4) is 23.3 Å². The maximum atomic E-state index is 10.8. The van der Waals surface area contributed by atoms with Crippen LogP contribution in [0.4, 0.5) is 34.1 Å². The van der Waals surface area contributed by atoms with Gasteiger partial charge in [-0.25, -0.2) is 0 Å². The third-order valence-electron chi connectivity index (χ3n) is 16.0. The molecule has 0 atom stereocenters. The molecule has 12 aromatic rings. The van der Waals surface area contributed by atoms with Crippen molar-refractivity contribution in [2.75, 3.05) is 9.80 Å². The Hall–Kier alpha value is -8.78. The van der Waals surface area contributed by atoms with E-state index < -0.39 is 5.41 Å². The van der Waals surface area contributed by atoms with Crippen LogP contribution in [0.5, 0.6) is 0 Å². The Morgan fingerprint density at radius 3 is 1.16 bits per heavy atom. The Morgan fingerprint density at radius 2 is 0.730 bits per heavy atom. The van der Waals surface area contributed by atoms with E-state index in [0.717, 1.165) is 45.3 Å². The van der Waals surface area contributed by atoms with Crippen LogP contribution in [0.2, 0.25) is 0 Å². The summed E-state index contributed by atoms with van der Waals surface area (Å²) in [4.78, 5) is 4.62. The first-order chi connectivity index (χ1) is 36.2. The summed E-state index contributed by atoms with van der Waals surface area (Å²) in [5.74, 6) is 0. The molecule has 350 valence electrons. The number of aryl methyl sites for hydroxylation is 2. The van der Waals surface area contributed by atoms with Crippen molar-refractivity contribution in [2.45, 2.75) is 38.5 Å². The van der Waals surface area contributed by atoms with Crippen LogP contribution >= 0.6 is 22.7 Å². The van der Waals surface area contributed by atoms with Gasteiger partial charge in [0.1, 0.15) is 12.1 Å². The molecular weight excluding hydrogens is 937 g/mol. The van der Waals surface area contributed by atoms with E-state index >= 15 is 0 Å². The summed E-state index contributed by atoms with van der Waals surface area (Å²) >= 11 is 3.63. The predicted molar refractivity (Wildman–Crippen MR) is 310 cm³/mol. The highest BCUT2D eigenvalue weighted by atomic mass is 32.1. The highest BCUT2D eigenvalue weighted by Crippen LogP contribution is 2.64. The molecule has 4 nitrogen and oxygen atoms in total. The van der Waals surface area contributed by atoms with Crippen LogP contribution in [-0.4, -0.2) is 0 Å². The summed E-state index contributed by atoms with van der Waals surface area (Å²) in [6.07, 6.45) is 0. The van der Waals surface area contributed by atoms with Crippen LogP contribution in [0.1, 0.15) is 69.5 Å². The van der Waals surface area contributed by atoms with Crippen molar-refractivity contribution in [1.82, 2.24) is 0 Å². The Kier molecular flexibility index (Phi) is 9.72. The summed E-state index contributed by atoms with van der Waals surface area (Å²) in [5.41, 5.74) is 18.1. The molecule has 0 bridgehead atoms. The normalized spacial score (nSPS) is 13.6. The number of hydrogen-bond acceptors (Lipinski definition) is 6. The number of nitrogens with zero attached hydrogens (tertiary/aromatic N) is 4. The topological polar surface area (TPSA) is 54.1 Å². The fourth-order valence-corrected chi connectivity index (χ4v) is 15.3. The number of hydrogen-bond donors (Lipinski definition) is 0. The van der Waals surface area contributed by atoms with Crippen molar-refractivity contribution >= 4 is 97.1 Å². The number of benzene rings is 10.